The molecular formula is C21H23ClN2O3S. The van der Waals surface area contributed by atoms with Gasteiger partial charge in [-0.3, -0.25) is 9.59 Å². The normalized spacial score (nSPS) is 23.6. The van der Waals surface area contributed by atoms with Gasteiger partial charge in [0.1, 0.15) is 0 Å². The molecule has 1 aromatic heterocycles. The standard InChI is InChI=1S/C21H23ClN2O3S/c22-17-4-1-3-15(9-17)20(26)24-11-16-12-27-14-21(16,13-24)10-19(25)23-7-6-18-5-2-8-28-18/h1-5,8-9,16H,6-7,10-14H2,(H,23,25)/t16-,21+/m1/s1. The van der Waals surface area contributed by atoms with E-state index in [1.165, 1.54) is 4.88 Å². The molecule has 5 nitrogen and oxygen atoms in total. The van der Waals surface area contributed by atoms with Gasteiger partial charge < -0.3 is 15.0 Å². The Morgan fingerprint density at radius 3 is 3.00 bits per heavy atom. The largest absolute Gasteiger partial charge is 0.380 e. The van der Waals surface area contributed by atoms with E-state index < -0.39 is 0 Å². The molecule has 1 N–H and O–H groups in total. The van der Waals surface area contributed by atoms with E-state index >= 15 is 0 Å². The van der Waals surface area contributed by atoms with Crippen LogP contribution < -0.4 is 5.32 Å². The first-order chi connectivity index (χ1) is 13.6. The van der Waals surface area contributed by atoms with E-state index in [9.17, 15) is 9.59 Å². The second kappa shape index (κ2) is 8.23. The van der Waals surface area contributed by atoms with Crippen molar-refractivity contribution in [2.45, 2.75) is 12.8 Å². The van der Waals surface area contributed by atoms with Crippen LogP contribution in [0.25, 0.3) is 0 Å². The number of nitrogens with one attached hydrogen (secondary N) is 1. The number of hydrogen-bond donors (Lipinski definition) is 1. The Labute approximate surface area is 173 Å². The number of nitrogens with zero attached hydrogens (tertiary/aromatic N) is 1. The summed E-state index contributed by atoms with van der Waals surface area (Å²) >= 11 is 7.73. The molecule has 0 spiro atoms. The summed E-state index contributed by atoms with van der Waals surface area (Å²) in [5, 5.41) is 5.62. The minimum Gasteiger partial charge on any atom is -0.380 e. The third kappa shape index (κ3) is 4.09. The zero-order valence-corrected chi connectivity index (χ0v) is 17.1. The molecule has 4 rings (SSSR count). The number of carbonyl (C=O) groups excluding carboxylic acids is 2. The van der Waals surface area contributed by atoms with Crippen LogP contribution >= 0.6 is 22.9 Å². The van der Waals surface area contributed by atoms with Gasteiger partial charge in [-0.05, 0) is 36.1 Å². The maximum absolute atomic E-state index is 12.9. The number of likely N-dealkylation sites (tertiary alicyclic amines) is 1. The summed E-state index contributed by atoms with van der Waals surface area (Å²) < 4.78 is 5.69. The Hall–Kier alpha value is -1.89. The van der Waals surface area contributed by atoms with Gasteiger partial charge in [-0.1, -0.05) is 23.7 Å². The summed E-state index contributed by atoms with van der Waals surface area (Å²) in [6.07, 6.45) is 1.23. The molecule has 2 saturated heterocycles. The van der Waals surface area contributed by atoms with E-state index in [2.05, 4.69) is 11.4 Å². The molecule has 2 amide bonds. The number of hydrogen-bond acceptors (Lipinski definition) is 4. The maximum Gasteiger partial charge on any atom is 0.253 e. The zero-order valence-electron chi connectivity index (χ0n) is 15.5. The number of halogens is 1. The first kappa shape index (κ1) is 19.4. The van der Waals surface area contributed by atoms with E-state index in [-0.39, 0.29) is 23.1 Å². The van der Waals surface area contributed by atoms with E-state index in [4.69, 9.17) is 16.3 Å². The molecule has 2 fully saturated rings. The van der Waals surface area contributed by atoms with Crippen molar-refractivity contribution in [2.24, 2.45) is 11.3 Å². The summed E-state index contributed by atoms with van der Waals surface area (Å²) in [6.45, 7) is 2.92. The number of ether oxygens (including phenoxy) is 1. The lowest BCUT2D eigenvalue weighted by Gasteiger charge is -2.26. The quantitative estimate of drug-likeness (QED) is 0.783. The molecule has 2 aromatic rings. The lowest BCUT2D eigenvalue weighted by molar-refractivity contribution is -0.123. The Morgan fingerprint density at radius 2 is 2.21 bits per heavy atom. The topological polar surface area (TPSA) is 58.6 Å². The fourth-order valence-electron chi connectivity index (χ4n) is 4.20. The predicted octanol–water partition coefficient (Wildman–Crippen LogP) is 3.24. The molecule has 0 aliphatic carbocycles. The number of amides is 2. The van der Waals surface area contributed by atoms with Crippen LogP contribution in [0, 0.1) is 11.3 Å². The van der Waals surface area contributed by atoms with Gasteiger partial charge in [-0.25, -0.2) is 0 Å². The lowest BCUT2D eigenvalue weighted by Crippen LogP contribution is -2.39. The number of rotatable bonds is 6. The van der Waals surface area contributed by atoms with Crippen LogP contribution in [0.5, 0.6) is 0 Å². The summed E-state index contributed by atoms with van der Waals surface area (Å²) in [4.78, 5) is 28.6. The summed E-state index contributed by atoms with van der Waals surface area (Å²) in [5.74, 6) is 0.192. The van der Waals surface area contributed by atoms with Gasteiger partial charge in [-0.15, -0.1) is 11.3 Å². The third-order valence-corrected chi connectivity index (χ3v) is 6.84. The second-order valence-electron chi connectivity index (χ2n) is 7.63. The Kier molecular flexibility index (Phi) is 5.71. The SMILES string of the molecule is O=C(C[C@]12COC[C@H]1CN(C(=O)c1cccc(Cl)c1)C2)NCCc1cccs1. The smallest absolute Gasteiger partial charge is 0.253 e. The lowest BCUT2D eigenvalue weighted by atomic mass is 9.78. The molecule has 0 unspecified atom stereocenters. The van der Waals surface area contributed by atoms with E-state index in [0.29, 0.717) is 49.9 Å². The average molecular weight is 419 g/mol. The Bertz CT molecular complexity index is 857. The highest BCUT2D eigenvalue weighted by atomic mass is 35.5. The predicted molar refractivity (Wildman–Crippen MR) is 110 cm³/mol. The summed E-state index contributed by atoms with van der Waals surface area (Å²) in [5.41, 5.74) is 0.297. The van der Waals surface area contributed by atoms with Crippen molar-refractivity contribution in [3.05, 3.63) is 57.2 Å². The van der Waals surface area contributed by atoms with Gasteiger partial charge in [-0.2, -0.15) is 0 Å². The zero-order chi connectivity index (χ0) is 19.6. The van der Waals surface area contributed by atoms with E-state index in [0.717, 1.165) is 6.42 Å². The van der Waals surface area contributed by atoms with Gasteiger partial charge in [0.25, 0.3) is 5.91 Å². The number of benzene rings is 1. The summed E-state index contributed by atoms with van der Waals surface area (Å²) in [6, 6.07) is 11.1. The highest BCUT2D eigenvalue weighted by Gasteiger charge is 2.52. The maximum atomic E-state index is 12.9. The molecule has 0 radical (unpaired) electrons. The van der Waals surface area contributed by atoms with Crippen molar-refractivity contribution in [3.8, 4) is 0 Å². The minimum atomic E-state index is -0.290. The fourth-order valence-corrected chi connectivity index (χ4v) is 5.10. The van der Waals surface area contributed by atoms with Crippen molar-refractivity contribution in [1.29, 1.82) is 0 Å². The molecule has 1 aromatic carbocycles. The van der Waals surface area contributed by atoms with Crippen LogP contribution in [0.3, 0.4) is 0 Å². The first-order valence-electron chi connectivity index (χ1n) is 9.47. The van der Waals surface area contributed by atoms with Crippen molar-refractivity contribution in [1.82, 2.24) is 10.2 Å². The van der Waals surface area contributed by atoms with Crippen LogP contribution in [0.4, 0.5) is 0 Å². The van der Waals surface area contributed by atoms with Crippen LogP contribution in [0.15, 0.2) is 41.8 Å². The molecular weight excluding hydrogens is 396 g/mol. The van der Waals surface area contributed by atoms with Crippen LogP contribution in [0.2, 0.25) is 5.02 Å². The van der Waals surface area contributed by atoms with Gasteiger partial charge in [0.15, 0.2) is 0 Å². The second-order valence-corrected chi connectivity index (χ2v) is 9.10. The molecule has 2 aliphatic heterocycles. The van der Waals surface area contributed by atoms with E-state index in [1.54, 1.807) is 35.6 Å². The first-order valence-corrected chi connectivity index (χ1v) is 10.7. The Balaban J connectivity index is 1.37. The van der Waals surface area contributed by atoms with Crippen LogP contribution in [0.1, 0.15) is 21.7 Å². The molecule has 2 atom stereocenters. The van der Waals surface area contributed by atoms with Crippen molar-refractivity contribution < 1.29 is 14.3 Å². The number of carbonyl (C=O) groups is 2. The van der Waals surface area contributed by atoms with Crippen molar-refractivity contribution in [3.63, 3.8) is 0 Å². The third-order valence-electron chi connectivity index (χ3n) is 5.67. The van der Waals surface area contributed by atoms with Crippen molar-refractivity contribution in [2.75, 3.05) is 32.8 Å². The molecule has 148 valence electrons. The molecule has 2 aliphatic rings. The molecule has 0 saturated carbocycles. The number of thiophene rings is 1. The van der Waals surface area contributed by atoms with Gasteiger partial charge in [0.2, 0.25) is 5.91 Å². The highest BCUT2D eigenvalue weighted by Crippen LogP contribution is 2.44. The highest BCUT2D eigenvalue weighted by molar-refractivity contribution is 7.09. The van der Waals surface area contributed by atoms with Crippen LogP contribution in [-0.2, 0) is 16.0 Å². The minimum absolute atomic E-state index is 0.0316. The molecule has 0 bridgehead atoms. The summed E-state index contributed by atoms with van der Waals surface area (Å²) in [7, 11) is 0. The van der Waals surface area contributed by atoms with E-state index in [1.807, 2.05) is 16.3 Å². The molecule has 3 heterocycles. The van der Waals surface area contributed by atoms with Crippen LogP contribution in [-0.4, -0.2) is 49.6 Å². The molecule has 28 heavy (non-hydrogen) atoms. The molecule has 7 heteroatoms. The monoisotopic (exact) mass is 418 g/mol. The van der Waals surface area contributed by atoms with Gasteiger partial charge >= 0.3 is 0 Å². The van der Waals surface area contributed by atoms with Crippen molar-refractivity contribution >= 4 is 34.8 Å². The number of fused-ring (bicyclic) bond motifs is 1. The van der Waals surface area contributed by atoms with Gasteiger partial charge in [0.05, 0.1) is 13.2 Å². The average Bonchev–Trinajstić information content (AvgIpc) is 3.37. The Morgan fingerprint density at radius 1 is 1.32 bits per heavy atom. The van der Waals surface area contributed by atoms with Gasteiger partial charge in [0, 0.05) is 52.9 Å². The fraction of sp³-hybridized carbons (Fsp3) is 0.429.